The summed E-state index contributed by atoms with van der Waals surface area (Å²) < 4.78 is 1.07. The van der Waals surface area contributed by atoms with Crippen molar-refractivity contribution in [1.82, 2.24) is 5.32 Å². The minimum absolute atomic E-state index is 0.0421. The van der Waals surface area contributed by atoms with E-state index < -0.39 is 0 Å². The zero-order valence-corrected chi connectivity index (χ0v) is 9.62. The number of hydrogen-bond donors (Lipinski definition) is 1. The summed E-state index contributed by atoms with van der Waals surface area (Å²) in [5, 5.41) is 3.34. The van der Waals surface area contributed by atoms with Gasteiger partial charge in [0.1, 0.15) is 0 Å². The van der Waals surface area contributed by atoms with Crippen molar-refractivity contribution < 1.29 is 4.79 Å². The minimum atomic E-state index is -0.0421. The van der Waals surface area contributed by atoms with E-state index in [0.29, 0.717) is 0 Å². The summed E-state index contributed by atoms with van der Waals surface area (Å²) in [7, 11) is 1.63. The summed E-state index contributed by atoms with van der Waals surface area (Å²) >= 11 is 0.192. The summed E-state index contributed by atoms with van der Waals surface area (Å²) in [6.45, 7) is 0. The van der Waals surface area contributed by atoms with Gasteiger partial charge in [-0.15, -0.1) is 0 Å². The van der Waals surface area contributed by atoms with Crippen LogP contribution in [0.25, 0.3) is 0 Å². The first-order chi connectivity index (χ1) is 6.79. The van der Waals surface area contributed by atoms with Crippen LogP contribution in [0.4, 0.5) is 0 Å². The normalized spacial score (nSPS) is 9.14. The van der Waals surface area contributed by atoms with Crippen LogP contribution in [0.3, 0.4) is 0 Å². The van der Waals surface area contributed by atoms with Crippen molar-refractivity contribution in [3.05, 3.63) is 29.8 Å². The fourth-order valence-corrected chi connectivity index (χ4v) is 2.57. The third kappa shape index (κ3) is 2.63. The molecular weight excluding hydrogens is 241 g/mol. The molecule has 0 aliphatic rings. The van der Waals surface area contributed by atoms with E-state index >= 15 is 0 Å². The van der Waals surface area contributed by atoms with E-state index in [4.69, 9.17) is 6.42 Å². The molecule has 1 N–H and O–H groups in total. The Morgan fingerprint density at radius 3 is 2.93 bits per heavy atom. The number of amides is 1. The molecule has 1 rings (SSSR count). The molecule has 0 atom stereocenters. The maximum absolute atomic E-state index is 11.4. The predicted molar refractivity (Wildman–Crippen MR) is 58.9 cm³/mol. The van der Waals surface area contributed by atoms with Gasteiger partial charge >= 0.3 is 90.0 Å². The molecule has 3 heteroatoms. The summed E-state index contributed by atoms with van der Waals surface area (Å²) in [6, 6.07) is 7.58. The molecule has 0 unspecified atom stereocenters. The third-order valence-corrected chi connectivity index (χ3v) is 3.72. The number of nitrogens with one attached hydrogen (secondary N) is 1. The molecule has 0 bridgehead atoms. The fourth-order valence-electron chi connectivity index (χ4n) is 1.03. The Morgan fingerprint density at radius 2 is 2.29 bits per heavy atom. The van der Waals surface area contributed by atoms with Crippen molar-refractivity contribution in [2.75, 3.05) is 7.05 Å². The van der Waals surface area contributed by atoms with Crippen molar-refractivity contribution >= 4 is 25.3 Å². The first-order valence-corrected chi connectivity index (χ1v) is 6.23. The van der Waals surface area contributed by atoms with Gasteiger partial charge in [0.2, 0.25) is 0 Å². The number of hydrogen-bond acceptors (Lipinski definition) is 1. The third-order valence-electron chi connectivity index (χ3n) is 1.67. The van der Waals surface area contributed by atoms with Crippen LogP contribution in [0, 0.1) is 12.3 Å². The number of terminal acetylenes is 1. The van der Waals surface area contributed by atoms with E-state index in [-0.39, 0.29) is 20.9 Å². The summed E-state index contributed by atoms with van der Waals surface area (Å²) in [5.41, 5.74) is 0.741. The SMILES string of the molecule is C#CC[Se]c1ccccc1C(=O)NC. The molecule has 0 fully saturated rings. The van der Waals surface area contributed by atoms with E-state index in [1.165, 1.54) is 0 Å². The Balaban J connectivity index is 2.92. The van der Waals surface area contributed by atoms with Gasteiger partial charge in [0.25, 0.3) is 0 Å². The fraction of sp³-hybridized carbons (Fsp3) is 0.182. The second kappa shape index (κ2) is 5.49. The molecule has 0 aliphatic carbocycles. The Bertz CT molecular complexity index is 368. The van der Waals surface area contributed by atoms with Crippen LogP contribution in [0.15, 0.2) is 24.3 Å². The van der Waals surface area contributed by atoms with Crippen molar-refractivity contribution in [1.29, 1.82) is 0 Å². The molecule has 2 nitrogen and oxygen atoms in total. The molecule has 0 heterocycles. The van der Waals surface area contributed by atoms with Crippen LogP contribution >= 0.6 is 0 Å². The summed E-state index contributed by atoms with van der Waals surface area (Å²) in [4.78, 5) is 11.4. The summed E-state index contributed by atoms with van der Waals surface area (Å²) in [5.74, 6) is 2.55. The molecule has 0 aliphatic heterocycles. The molecular formula is C11H11NOSe. The van der Waals surface area contributed by atoms with Crippen molar-refractivity contribution in [2.45, 2.75) is 5.32 Å². The molecule has 0 radical (unpaired) electrons. The topological polar surface area (TPSA) is 29.1 Å². The average Bonchev–Trinajstić information content (AvgIpc) is 2.25. The Labute approximate surface area is 90.2 Å². The van der Waals surface area contributed by atoms with Crippen molar-refractivity contribution in [2.24, 2.45) is 0 Å². The molecule has 1 amide bonds. The van der Waals surface area contributed by atoms with Gasteiger partial charge < -0.3 is 0 Å². The van der Waals surface area contributed by atoms with Crippen molar-refractivity contribution in [3.63, 3.8) is 0 Å². The van der Waals surface area contributed by atoms with E-state index in [1.807, 2.05) is 24.3 Å². The number of carbonyl (C=O) groups is 1. The number of rotatable bonds is 3. The van der Waals surface area contributed by atoms with Crippen LogP contribution in [0.1, 0.15) is 10.4 Å². The van der Waals surface area contributed by atoms with E-state index in [1.54, 1.807) is 7.05 Å². The van der Waals surface area contributed by atoms with Crippen molar-refractivity contribution in [3.8, 4) is 12.3 Å². The van der Waals surface area contributed by atoms with Gasteiger partial charge in [-0.05, 0) is 0 Å². The van der Waals surface area contributed by atoms with E-state index in [2.05, 4.69) is 11.2 Å². The molecule has 0 aromatic heterocycles. The van der Waals surface area contributed by atoms with Crippen LogP contribution in [-0.4, -0.2) is 27.9 Å². The van der Waals surface area contributed by atoms with Crippen LogP contribution in [0.5, 0.6) is 0 Å². The molecule has 14 heavy (non-hydrogen) atoms. The molecule has 0 spiro atoms. The van der Waals surface area contributed by atoms with Gasteiger partial charge in [-0.25, -0.2) is 0 Å². The summed E-state index contributed by atoms with van der Waals surface area (Å²) in [6.07, 6.45) is 5.20. The Kier molecular flexibility index (Phi) is 4.25. The predicted octanol–water partition coefficient (Wildman–Crippen LogP) is 0.427. The average molecular weight is 252 g/mol. The zero-order chi connectivity index (χ0) is 10.4. The van der Waals surface area contributed by atoms with Gasteiger partial charge in [0, 0.05) is 0 Å². The quantitative estimate of drug-likeness (QED) is 0.613. The van der Waals surface area contributed by atoms with E-state index in [9.17, 15) is 4.79 Å². The van der Waals surface area contributed by atoms with E-state index in [0.717, 1.165) is 15.3 Å². The Hall–Kier alpha value is -1.23. The van der Waals surface area contributed by atoms with Crippen LogP contribution in [-0.2, 0) is 0 Å². The van der Waals surface area contributed by atoms with Crippen LogP contribution in [0.2, 0.25) is 5.32 Å². The van der Waals surface area contributed by atoms with Gasteiger partial charge in [-0.3, -0.25) is 0 Å². The molecule has 1 aromatic carbocycles. The number of benzene rings is 1. The first kappa shape index (κ1) is 10.8. The zero-order valence-electron chi connectivity index (χ0n) is 7.91. The second-order valence-corrected chi connectivity index (χ2v) is 4.70. The van der Waals surface area contributed by atoms with Gasteiger partial charge in [-0.2, -0.15) is 0 Å². The number of carbonyl (C=O) groups excluding carboxylic acids is 1. The van der Waals surface area contributed by atoms with Crippen LogP contribution < -0.4 is 9.78 Å². The molecule has 0 saturated carbocycles. The second-order valence-electron chi connectivity index (χ2n) is 2.57. The molecule has 72 valence electrons. The van der Waals surface area contributed by atoms with Gasteiger partial charge in [0.05, 0.1) is 0 Å². The monoisotopic (exact) mass is 253 g/mol. The first-order valence-electron chi connectivity index (χ1n) is 4.17. The van der Waals surface area contributed by atoms with Gasteiger partial charge in [-0.1, -0.05) is 0 Å². The Morgan fingerprint density at radius 1 is 1.57 bits per heavy atom. The van der Waals surface area contributed by atoms with Gasteiger partial charge in [0.15, 0.2) is 0 Å². The standard InChI is InChI=1S/C11H11NOSe/c1-3-8-14-10-7-5-4-6-9(10)11(13)12-2/h1,4-7H,8H2,2H3,(H,12,13). The molecule has 1 aromatic rings. The maximum atomic E-state index is 11.4. The molecule has 0 saturated heterocycles.